The predicted molar refractivity (Wildman–Crippen MR) is 114 cm³/mol. The van der Waals surface area contributed by atoms with Crippen molar-refractivity contribution < 1.29 is 9.59 Å². The molecule has 0 aliphatic carbocycles. The molecule has 2 aromatic carbocycles. The van der Waals surface area contributed by atoms with Gasteiger partial charge in [-0.15, -0.1) is 0 Å². The second-order valence-corrected chi connectivity index (χ2v) is 7.74. The van der Waals surface area contributed by atoms with Gasteiger partial charge < -0.3 is 10.2 Å². The Morgan fingerprint density at radius 2 is 1.75 bits per heavy atom. The van der Waals surface area contributed by atoms with E-state index >= 15 is 0 Å². The number of hydrogen-bond acceptors (Lipinski definition) is 2. The van der Waals surface area contributed by atoms with Gasteiger partial charge >= 0.3 is 0 Å². The molecule has 5 heteroatoms. The van der Waals surface area contributed by atoms with Crippen molar-refractivity contribution in [2.24, 2.45) is 0 Å². The van der Waals surface area contributed by atoms with Crippen LogP contribution in [0, 0.1) is 6.92 Å². The first-order chi connectivity index (χ1) is 13.3. The summed E-state index contributed by atoms with van der Waals surface area (Å²) in [6.07, 6.45) is 1.04. The Morgan fingerprint density at radius 1 is 1.07 bits per heavy atom. The molecule has 2 atom stereocenters. The van der Waals surface area contributed by atoms with Crippen molar-refractivity contribution >= 4 is 23.4 Å². The van der Waals surface area contributed by atoms with Gasteiger partial charge in [0, 0.05) is 17.6 Å². The fourth-order valence-corrected chi connectivity index (χ4v) is 3.07. The lowest BCUT2D eigenvalue weighted by atomic mass is 10.1. The maximum atomic E-state index is 13.1. The first-order valence-electron chi connectivity index (χ1n) is 9.70. The van der Waals surface area contributed by atoms with Gasteiger partial charge in [0.05, 0.1) is 6.42 Å². The number of carbonyl (C=O) groups is 2. The standard InChI is InChI=1S/C23H29ClN2O2/c1-5-17(3)25-23(28)18(4)26(15-19-11-9-16(2)10-12-19)22(27)14-20-7-6-8-21(24)13-20/h6-13,17-18H,5,14-15H2,1-4H3,(H,25,28)/t17-,18+/m1/s1. The van der Waals surface area contributed by atoms with E-state index in [1.165, 1.54) is 0 Å². The van der Waals surface area contributed by atoms with Crippen LogP contribution in [0.15, 0.2) is 48.5 Å². The van der Waals surface area contributed by atoms with Crippen LogP contribution < -0.4 is 5.32 Å². The summed E-state index contributed by atoms with van der Waals surface area (Å²) in [5.41, 5.74) is 2.98. The quantitative estimate of drug-likeness (QED) is 0.708. The number of nitrogens with one attached hydrogen (secondary N) is 1. The van der Waals surface area contributed by atoms with Crippen molar-refractivity contribution in [1.82, 2.24) is 10.2 Å². The van der Waals surface area contributed by atoms with Crippen molar-refractivity contribution in [2.75, 3.05) is 0 Å². The van der Waals surface area contributed by atoms with E-state index in [4.69, 9.17) is 11.6 Å². The minimum atomic E-state index is -0.568. The van der Waals surface area contributed by atoms with E-state index in [1.807, 2.05) is 57.2 Å². The van der Waals surface area contributed by atoms with Crippen LogP contribution in [0.2, 0.25) is 5.02 Å². The molecule has 0 unspecified atom stereocenters. The SMILES string of the molecule is CC[C@@H](C)NC(=O)[C@H](C)N(Cc1ccc(C)cc1)C(=O)Cc1cccc(Cl)c1. The summed E-state index contributed by atoms with van der Waals surface area (Å²) in [7, 11) is 0. The second kappa shape index (κ2) is 10.3. The summed E-state index contributed by atoms with van der Waals surface area (Å²) in [5.74, 6) is -0.240. The van der Waals surface area contributed by atoms with E-state index in [0.29, 0.717) is 11.6 Å². The number of aryl methyl sites for hydroxylation is 1. The molecule has 2 amide bonds. The third-order valence-corrected chi connectivity index (χ3v) is 5.12. The van der Waals surface area contributed by atoms with E-state index in [-0.39, 0.29) is 24.3 Å². The van der Waals surface area contributed by atoms with Gasteiger partial charge in [-0.3, -0.25) is 9.59 Å². The summed E-state index contributed by atoms with van der Waals surface area (Å²) in [6, 6.07) is 14.8. The molecule has 2 rings (SSSR count). The van der Waals surface area contributed by atoms with Crippen LogP contribution in [0.1, 0.15) is 43.9 Å². The predicted octanol–water partition coefficient (Wildman–Crippen LogP) is 4.52. The van der Waals surface area contributed by atoms with Crippen molar-refractivity contribution in [3.63, 3.8) is 0 Å². The highest BCUT2D eigenvalue weighted by Gasteiger charge is 2.26. The molecule has 0 fully saturated rings. The van der Waals surface area contributed by atoms with E-state index < -0.39 is 6.04 Å². The van der Waals surface area contributed by atoms with Crippen LogP contribution in [0.25, 0.3) is 0 Å². The van der Waals surface area contributed by atoms with Gasteiger partial charge in [-0.25, -0.2) is 0 Å². The van der Waals surface area contributed by atoms with Crippen LogP contribution in [-0.4, -0.2) is 28.8 Å². The summed E-state index contributed by atoms with van der Waals surface area (Å²) in [6.45, 7) is 8.16. The van der Waals surface area contributed by atoms with Crippen molar-refractivity contribution in [1.29, 1.82) is 0 Å². The van der Waals surface area contributed by atoms with Gasteiger partial charge in [-0.05, 0) is 50.5 Å². The number of carbonyl (C=O) groups excluding carboxylic acids is 2. The molecule has 0 saturated carbocycles. The number of benzene rings is 2. The Bertz CT molecular complexity index is 805. The fourth-order valence-electron chi connectivity index (χ4n) is 2.86. The zero-order valence-electron chi connectivity index (χ0n) is 17.0. The summed E-state index contributed by atoms with van der Waals surface area (Å²) in [4.78, 5) is 27.4. The molecule has 0 saturated heterocycles. The summed E-state index contributed by atoms with van der Waals surface area (Å²) < 4.78 is 0. The first-order valence-corrected chi connectivity index (χ1v) is 10.1. The Kier molecular flexibility index (Phi) is 8.06. The van der Waals surface area contributed by atoms with Gasteiger partial charge in [0.2, 0.25) is 11.8 Å². The number of amides is 2. The number of halogens is 1. The normalized spacial score (nSPS) is 12.9. The minimum absolute atomic E-state index is 0.0687. The number of rotatable bonds is 8. The van der Waals surface area contributed by atoms with Crippen molar-refractivity contribution in [3.05, 3.63) is 70.2 Å². The average molecular weight is 401 g/mol. The van der Waals surface area contributed by atoms with Gasteiger partial charge in [0.25, 0.3) is 0 Å². The molecule has 1 N–H and O–H groups in total. The van der Waals surface area contributed by atoms with Crippen molar-refractivity contribution in [2.45, 2.75) is 59.2 Å². The molecule has 0 heterocycles. The molecular weight excluding hydrogens is 372 g/mol. The second-order valence-electron chi connectivity index (χ2n) is 7.31. The number of hydrogen-bond donors (Lipinski definition) is 1. The zero-order valence-corrected chi connectivity index (χ0v) is 17.8. The molecular formula is C23H29ClN2O2. The van der Waals surface area contributed by atoms with E-state index in [1.54, 1.807) is 24.0 Å². The Labute approximate surface area is 172 Å². The molecule has 0 bridgehead atoms. The smallest absolute Gasteiger partial charge is 0.242 e. The third-order valence-electron chi connectivity index (χ3n) is 4.89. The fraction of sp³-hybridized carbons (Fsp3) is 0.391. The lowest BCUT2D eigenvalue weighted by Gasteiger charge is -2.30. The van der Waals surface area contributed by atoms with Crippen LogP contribution in [-0.2, 0) is 22.6 Å². The maximum absolute atomic E-state index is 13.1. The van der Waals surface area contributed by atoms with Crippen LogP contribution >= 0.6 is 11.6 Å². The van der Waals surface area contributed by atoms with Gasteiger partial charge in [0.15, 0.2) is 0 Å². The lowest BCUT2D eigenvalue weighted by molar-refractivity contribution is -0.140. The Morgan fingerprint density at radius 3 is 2.36 bits per heavy atom. The molecule has 0 aliphatic heterocycles. The van der Waals surface area contributed by atoms with Gasteiger partial charge in [-0.2, -0.15) is 0 Å². The first kappa shape index (κ1) is 22.0. The molecule has 0 aliphatic rings. The highest BCUT2D eigenvalue weighted by Crippen LogP contribution is 2.16. The van der Waals surface area contributed by atoms with Gasteiger partial charge in [0.1, 0.15) is 6.04 Å². The Hall–Kier alpha value is -2.33. The van der Waals surface area contributed by atoms with Crippen LogP contribution in [0.5, 0.6) is 0 Å². The van der Waals surface area contributed by atoms with E-state index in [0.717, 1.165) is 23.1 Å². The monoisotopic (exact) mass is 400 g/mol. The average Bonchev–Trinajstić information content (AvgIpc) is 2.66. The molecule has 2 aromatic rings. The van der Waals surface area contributed by atoms with Crippen LogP contribution in [0.3, 0.4) is 0 Å². The molecule has 0 aromatic heterocycles. The largest absolute Gasteiger partial charge is 0.352 e. The van der Waals surface area contributed by atoms with Crippen LogP contribution in [0.4, 0.5) is 0 Å². The topological polar surface area (TPSA) is 49.4 Å². The molecule has 150 valence electrons. The molecule has 0 spiro atoms. The third kappa shape index (κ3) is 6.38. The minimum Gasteiger partial charge on any atom is -0.352 e. The molecule has 4 nitrogen and oxygen atoms in total. The maximum Gasteiger partial charge on any atom is 0.242 e. The highest BCUT2D eigenvalue weighted by atomic mass is 35.5. The molecule has 0 radical (unpaired) electrons. The van der Waals surface area contributed by atoms with E-state index in [2.05, 4.69) is 5.32 Å². The summed E-state index contributed by atoms with van der Waals surface area (Å²) in [5, 5.41) is 3.57. The Balaban J connectivity index is 2.22. The highest BCUT2D eigenvalue weighted by molar-refractivity contribution is 6.30. The van der Waals surface area contributed by atoms with Gasteiger partial charge in [-0.1, -0.05) is 60.5 Å². The van der Waals surface area contributed by atoms with Crippen molar-refractivity contribution in [3.8, 4) is 0 Å². The summed E-state index contributed by atoms with van der Waals surface area (Å²) >= 11 is 6.05. The lowest BCUT2D eigenvalue weighted by Crippen LogP contribution is -2.49. The van der Waals surface area contributed by atoms with E-state index in [9.17, 15) is 9.59 Å². The molecule has 28 heavy (non-hydrogen) atoms. The zero-order chi connectivity index (χ0) is 20.7. The number of nitrogens with zero attached hydrogens (tertiary/aromatic N) is 1.